The molecule has 6 heteroatoms. The van der Waals surface area contributed by atoms with E-state index in [1.807, 2.05) is 48.5 Å². The first-order valence-corrected chi connectivity index (χ1v) is 9.01. The summed E-state index contributed by atoms with van der Waals surface area (Å²) in [5.74, 6) is 0.898. The van der Waals surface area contributed by atoms with E-state index in [2.05, 4.69) is 10.6 Å². The van der Waals surface area contributed by atoms with Crippen LogP contribution in [-0.2, 0) is 4.79 Å². The Hall–Kier alpha value is -3.38. The second-order valence-electron chi connectivity index (χ2n) is 5.92. The molecule has 0 heterocycles. The molecule has 0 fully saturated rings. The van der Waals surface area contributed by atoms with Gasteiger partial charge >= 0.3 is 0 Å². The van der Waals surface area contributed by atoms with E-state index in [-0.39, 0.29) is 11.0 Å². The van der Waals surface area contributed by atoms with Crippen molar-refractivity contribution in [3.05, 3.63) is 72.3 Å². The van der Waals surface area contributed by atoms with Gasteiger partial charge in [-0.15, -0.1) is 0 Å². The van der Waals surface area contributed by atoms with Crippen LogP contribution < -0.4 is 20.1 Å². The molecule has 0 saturated heterocycles. The van der Waals surface area contributed by atoms with Gasteiger partial charge in [0.2, 0.25) is 5.91 Å². The minimum atomic E-state index is -0.326. The van der Waals surface area contributed by atoms with Crippen molar-refractivity contribution in [3.8, 4) is 11.5 Å². The zero-order valence-corrected chi connectivity index (χ0v) is 16.4. The van der Waals surface area contributed by atoms with Crippen molar-refractivity contribution < 1.29 is 14.3 Å². The van der Waals surface area contributed by atoms with Gasteiger partial charge in [-0.3, -0.25) is 10.1 Å². The van der Waals surface area contributed by atoms with E-state index >= 15 is 0 Å². The van der Waals surface area contributed by atoms with Crippen LogP contribution in [0.2, 0.25) is 0 Å². The molecule has 0 unspecified atom stereocenters. The fourth-order valence-corrected chi connectivity index (χ4v) is 2.98. The van der Waals surface area contributed by atoms with Crippen molar-refractivity contribution in [2.75, 3.05) is 19.5 Å². The number of anilines is 1. The van der Waals surface area contributed by atoms with Crippen molar-refractivity contribution in [2.24, 2.45) is 0 Å². The van der Waals surface area contributed by atoms with Gasteiger partial charge in [-0.25, -0.2) is 0 Å². The summed E-state index contributed by atoms with van der Waals surface area (Å²) in [6, 6.07) is 19.2. The number of nitrogens with one attached hydrogen (secondary N) is 2. The zero-order chi connectivity index (χ0) is 19.9. The fraction of sp³-hybridized carbons (Fsp3) is 0.0909. The summed E-state index contributed by atoms with van der Waals surface area (Å²) < 4.78 is 10.5. The van der Waals surface area contributed by atoms with Crippen LogP contribution in [0.3, 0.4) is 0 Å². The Morgan fingerprint density at radius 3 is 2.50 bits per heavy atom. The Balaban J connectivity index is 1.64. The average molecular weight is 392 g/mol. The number of ether oxygens (including phenoxy) is 2. The van der Waals surface area contributed by atoms with Crippen molar-refractivity contribution >= 4 is 45.8 Å². The molecule has 5 nitrogen and oxygen atoms in total. The number of hydrogen-bond acceptors (Lipinski definition) is 4. The highest BCUT2D eigenvalue weighted by atomic mass is 32.1. The van der Waals surface area contributed by atoms with Gasteiger partial charge in [0.1, 0.15) is 0 Å². The minimum absolute atomic E-state index is 0.235. The van der Waals surface area contributed by atoms with Crippen LogP contribution >= 0.6 is 12.2 Å². The normalized spacial score (nSPS) is 10.6. The van der Waals surface area contributed by atoms with Crippen LogP contribution in [0.4, 0.5) is 5.69 Å². The third-order valence-electron chi connectivity index (χ3n) is 4.11. The molecule has 142 valence electrons. The molecular formula is C22H20N2O3S. The van der Waals surface area contributed by atoms with Crippen LogP contribution in [0.25, 0.3) is 16.8 Å². The molecule has 0 spiro atoms. The predicted octanol–water partition coefficient (Wildman–Crippen LogP) is 4.38. The Labute approximate surface area is 169 Å². The Kier molecular flexibility index (Phi) is 6.24. The monoisotopic (exact) mass is 392 g/mol. The van der Waals surface area contributed by atoms with Crippen molar-refractivity contribution in [2.45, 2.75) is 0 Å². The molecule has 28 heavy (non-hydrogen) atoms. The van der Waals surface area contributed by atoms with E-state index in [9.17, 15) is 4.79 Å². The lowest BCUT2D eigenvalue weighted by atomic mass is 10.1. The summed E-state index contributed by atoms with van der Waals surface area (Å²) in [5.41, 5.74) is 1.65. The first-order valence-electron chi connectivity index (χ1n) is 8.60. The van der Waals surface area contributed by atoms with Crippen LogP contribution in [0.5, 0.6) is 11.5 Å². The molecule has 3 aromatic carbocycles. The standard InChI is InChI=1S/C22H20N2O3S/c1-26-19-12-10-15(14-20(19)27-2)11-13-21(25)24-22(28)23-18-9-5-7-16-6-3-4-8-17(16)18/h3-14H,1-2H3,(H2,23,24,25,28)/b13-11+. The van der Waals surface area contributed by atoms with Crippen molar-refractivity contribution in [1.82, 2.24) is 5.32 Å². The maximum absolute atomic E-state index is 12.2. The van der Waals surface area contributed by atoms with Gasteiger partial charge in [0, 0.05) is 17.1 Å². The zero-order valence-electron chi connectivity index (χ0n) is 15.6. The maximum Gasteiger partial charge on any atom is 0.250 e. The van der Waals surface area contributed by atoms with Crippen molar-refractivity contribution in [1.29, 1.82) is 0 Å². The highest BCUT2D eigenvalue weighted by Gasteiger charge is 2.06. The van der Waals surface area contributed by atoms with E-state index in [1.165, 1.54) is 6.08 Å². The first-order chi connectivity index (χ1) is 13.6. The highest BCUT2D eigenvalue weighted by molar-refractivity contribution is 7.80. The predicted molar refractivity (Wildman–Crippen MR) is 117 cm³/mol. The van der Waals surface area contributed by atoms with Gasteiger partial charge in [-0.05, 0) is 47.4 Å². The number of thiocarbonyl (C=S) groups is 1. The Bertz CT molecular complexity index is 1040. The molecule has 0 radical (unpaired) electrons. The molecule has 0 saturated carbocycles. The lowest BCUT2D eigenvalue weighted by Crippen LogP contribution is -2.32. The second kappa shape index (κ2) is 9.01. The number of methoxy groups -OCH3 is 2. The first kappa shape index (κ1) is 19.4. The van der Waals surface area contributed by atoms with Crippen LogP contribution in [0, 0.1) is 0 Å². The van der Waals surface area contributed by atoms with Crippen LogP contribution in [0.1, 0.15) is 5.56 Å². The molecule has 0 bridgehead atoms. The molecule has 2 N–H and O–H groups in total. The van der Waals surface area contributed by atoms with E-state index in [1.54, 1.807) is 32.4 Å². The molecule has 0 aliphatic carbocycles. The summed E-state index contributed by atoms with van der Waals surface area (Å²) in [5, 5.41) is 8.09. The quantitative estimate of drug-likeness (QED) is 0.498. The molecule has 3 aromatic rings. The second-order valence-corrected chi connectivity index (χ2v) is 6.33. The summed E-state index contributed by atoms with van der Waals surface area (Å²) >= 11 is 5.27. The fourth-order valence-electron chi connectivity index (χ4n) is 2.77. The summed E-state index contributed by atoms with van der Waals surface area (Å²) in [7, 11) is 3.14. The van der Waals surface area contributed by atoms with Gasteiger partial charge in [-0.1, -0.05) is 42.5 Å². The number of amides is 1. The summed E-state index contributed by atoms with van der Waals surface area (Å²) in [4.78, 5) is 12.2. The van der Waals surface area contributed by atoms with Crippen LogP contribution in [-0.4, -0.2) is 25.2 Å². The highest BCUT2D eigenvalue weighted by Crippen LogP contribution is 2.28. The van der Waals surface area contributed by atoms with Crippen LogP contribution in [0.15, 0.2) is 66.7 Å². The molecule has 0 atom stereocenters. The number of rotatable bonds is 5. The molecular weight excluding hydrogens is 372 g/mol. The van der Waals surface area contributed by atoms with Gasteiger partial charge in [-0.2, -0.15) is 0 Å². The summed E-state index contributed by atoms with van der Waals surface area (Å²) in [6.07, 6.45) is 3.09. The molecule has 0 aliphatic heterocycles. The third kappa shape index (κ3) is 4.66. The third-order valence-corrected chi connectivity index (χ3v) is 4.31. The van der Waals surface area contributed by atoms with Gasteiger partial charge in [0.15, 0.2) is 16.6 Å². The van der Waals surface area contributed by atoms with E-state index < -0.39 is 0 Å². The lowest BCUT2D eigenvalue weighted by molar-refractivity contribution is -0.115. The maximum atomic E-state index is 12.2. The van der Waals surface area contributed by atoms with E-state index in [4.69, 9.17) is 21.7 Å². The van der Waals surface area contributed by atoms with E-state index in [0.717, 1.165) is 22.0 Å². The lowest BCUT2D eigenvalue weighted by Gasteiger charge is -2.11. The average Bonchev–Trinajstić information content (AvgIpc) is 2.72. The number of hydrogen-bond donors (Lipinski definition) is 2. The molecule has 3 rings (SSSR count). The smallest absolute Gasteiger partial charge is 0.250 e. The Morgan fingerprint density at radius 2 is 1.71 bits per heavy atom. The number of fused-ring (bicyclic) bond motifs is 1. The molecule has 0 aromatic heterocycles. The number of carbonyl (C=O) groups excluding carboxylic acids is 1. The molecule has 1 amide bonds. The number of benzene rings is 3. The summed E-state index contributed by atoms with van der Waals surface area (Å²) in [6.45, 7) is 0. The largest absolute Gasteiger partial charge is 0.493 e. The molecule has 0 aliphatic rings. The Morgan fingerprint density at radius 1 is 0.964 bits per heavy atom. The van der Waals surface area contributed by atoms with Gasteiger partial charge in [0.05, 0.1) is 14.2 Å². The SMILES string of the molecule is COc1ccc(/C=C/C(=O)NC(=S)Nc2cccc3ccccc23)cc1OC. The van der Waals surface area contributed by atoms with Gasteiger partial charge in [0.25, 0.3) is 0 Å². The topological polar surface area (TPSA) is 59.6 Å². The van der Waals surface area contributed by atoms with Gasteiger partial charge < -0.3 is 14.8 Å². The van der Waals surface area contributed by atoms with E-state index in [0.29, 0.717) is 11.5 Å². The minimum Gasteiger partial charge on any atom is -0.493 e. The number of carbonyl (C=O) groups is 1. The van der Waals surface area contributed by atoms with Crippen molar-refractivity contribution in [3.63, 3.8) is 0 Å².